The molecule has 0 aliphatic carbocycles. The minimum Gasteiger partial charge on any atom is -0.506 e. The highest BCUT2D eigenvalue weighted by Gasteiger charge is 2.09. The van der Waals surface area contributed by atoms with E-state index < -0.39 is 5.82 Å². The van der Waals surface area contributed by atoms with Gasteiger partial charge in [-0.3, -0.25) is 0 Å². The van der Waals surface area contributed by atoms with Crippen LogP contribution in [0.5, 0.6) is 5.75 Å². The Morgan fingerprint density at radius 2 is 2.15 bits per heavy atom. The second-order valence-electron chi connectivity index (χ2n) is 4.34. The fraction of sp³-hybridized carbons (Fsp3) is 0.133. The Balaban J connectivity index is 2.25. The Hall–Kier alpha value is -2.25. The van der Waals surface area contributed by atoms with Crippen molar-refractivity contribution in [3.8, 4) is 11.8 Å². The Morgan fingerprint density at radius 3 is 2.85 bits per heavy atom. The first-order valence-corrected chi connectivity index (χ1v) is 6.31. The number of halogens is 2. The molecule has 0 saturated heterocycles. The molecule has 0 amide bonds. The number of nitrogens with one attached hydrogen (secondary N) is 1. The summed E-state index contributed by atoms with van der Waals surface area (Å²) in [7, 11) is 0. The summed E-state index contributed by atoms with van der Waals surface area (Å²) in [5, 5.41) is 21.9. The van der Waals surface area contributed by atoms with E-state index in [-0.39, 0.29) is 22.9 Å². The highest BCUT2D eigenvalue weighted by Crippen LogP contribution is 2.28. The van der Waals surface area contributed by atoms with E-state index >= 15 is 0 Å². The fourth-order valence-electron chi connectivity index (χ4n) is 1.82. The molecule has 2 N–H and O–H groups in total. The molecule has 0 spiro atoms. The number of hydrogen-bond acceptors (Lipinski definition) is 3. The summed E-state index contributed by atoms with van der Waals surface area (Å²) in [5.41, 5.74) is 1.78. The quantitative estimate of drug-likeness (QED) is 0.899. The van der Waals surface area contributed by atoms with Gasteiger partial charge in [-0.15, -0.1) is 0 Å². The summed E-state index contributed by atoms with van der Waals surface area (Å²) < 4.78 is 13.6. The summed E-state index contributed by atoms with van der Waals surface area (Å²) in [5.74, 6) is -0.446. The smallest absolute Gasteiger partial charge is 0.139 e. The van der Waals surface area contributed by atoms with Crippen molar-refractivity contribution in [3.05, 3.63) is 57.9 Å². The monoisotopic (exact) mass is 290 g/mol. The zero-order chi connectivity index (χ0) is 14.7. The number of hydrogen-bond donors (Lipinski definition) is 2. The number of phenolic OH excluding ortho intramolecular Hbond substituents is 1. The van der Waals surface area contributed by atoms with Crippen molar-refractivity contribution in [2.24, 2.45) is 0 Å². The van der Waals surface area contributed by atoms with E-state index in [2.05, 4.69) is 5.32 Å². The van der Waals surface area contributed by atoms with Gasteiger partial charge in [0, 0.05) is 23.4 Å². The van der Waals surface area contributed by atoms with E-state index in [9.17, 15) is 9.50 Å². The molecule has 5 heteroatoms. The Labute approximate surface area is 121 Å². The summed E-state index contributed by atoms with van der Waals surface area (Å²) in [4.78, 5) is 0. The van der Waals surface area contributed by atoms with Gasteiger partial charge in [0.15, 0.2) is 0 Å². The van der Waals surface area contributed by atoms with Crippen LogP contribution >= 0.6 is 11.6 Å². The number of nitriles is 1. The van der Waals surface area contributed by atoms with Crippen LogP contribution in [0.15, 0.2) is 30.3 Å². The molecule has 0 unspecified atom stereocenters. The number of benzene rings is 2. The Morgan fingerprint density at radius 1 is 1.40 bits per heavy atom. The summed E-state index contributed by atoms with van der Waals surface area (Å²) in [6.45, 7) is 1.90. The summed E-state index contributed by atoms with van der Waals surface area (Å²) in [6, 6.07) is 9.69. The lowest BCUT2D eigenvalue weighted by atomic mass is 10.1. The average molecular weight is 291 g/mol. The number of anilines is 1. The number of phenols is 1. The van der Waals surface area contributed by atoms with Crippen LogP contribution in [0.25, 0.3) is 0 Å². The van der Waals surface area contributed by atoms with Gasteiger partial charge in [-0.25, -0.2) is 4.39 Å². The highest BCUT2D eigenvalue weighted by molar-refractivity contribution is 6.32. The summed E-state index contributed by atoms with van der Waals surface area (Å²) in [6.07, 6.45) is 0. The molecule has 0 saturated carbocycles. The third-order valence-corrected chi connectivity index (χ3v) is 3.32. The number of aromatic hydroxyl groups is 1. The van der Waals surface area contributed by atoms with Crippen LogP contribution in [0.3, 0.4) is 0 Å². The van der Waals surface area contributed by atoms with Gasteiger partial charge >= 0.3 is 0 Å². The molecule has 0 atom stereocenters. The Bertz CT molecular complexity index is 695. The first-order chi connectivity index (χ1) is 9.52. The van der Waals surface area contributed by atoms with Crippen LogP contribution in [-0.2, 0) is 6.54 Å². The topological polar surface area (TPSA) is 56.0 Å². The van der Waals surface area contributed by atoms with Gasteiger partial charge in [0.2, 0.25) is 0 Å². The van der Waals surface area contributed by atoms with E-state index in [1.54, 1.807) is 31.2 Å². The number of nitrogens with zero attached hydrogens (tertiary/aromatic N) is 1. The first-order valence-electron chi connectivity index (χ1n) is 5.93. The minimum atomic E-state index is -0.443. The molecule has 0 aromatic heterocycles. The molecule has 2 rings (SSSR count). The van der Waals surface area contributed by atoms with Gasteiger partial charge in [0.05, 0.1) is 16.7 Å². The van der Waals surface area contributed by atoms with Crippen molar-refractivity contribution in [3.63, 3.8) is 0 Å². The van der Waals surface area contributed by atoms with E-state index in [1.807, 2.05) is 6.07 Å². The average Bonchev–Trinajstić information content (AvgIpc) is 2.44. The van der Waals surface area contributed by atoms with E-state index in [4.69, 9.17) is 16.9 Å². The second-order valence-corrected chi connectivity index (χ2v) is 4.75. The fourth-order valence-corrected chi connectivity index (χ4v) is 2.01. The molecule has 3 nitrogen and oxygen atoms in total. The maximum atomic E-state index is 13.6. The van der Waals surface area contributed by atoms with Crippen LogP contribution < -0.4 is 5.32 Å². The lowest BCUT2D eigenvalue weighted by molar-refractivity contribution is 0.469. The van der Waals surface area contributed by atoms with Gasteiger partial charge in [0.1, 0.15) is 11.6 Å². The van der Waals surface area contributed by atoms with Crippen LogP contribution in [0.1, 0.15) is 16.7 Å². The molecule has 0 radical (unpaired) electrons. The lowest BCUT2D eigenvalue weighted by Crippen LogP contribution is -2.03. The number of rotatable bonds is 3. The standard InChI is InChI=1S/C15H12ClFN2O/c1-9-13(17)5-10(7-18)6-14(9)19-8-11-3-2-4-12(16)15(11)20/h2-6,19-20H,8H2,1H3. The maximum absolute atomic E-state index is 13.6. The molecule has 0 bridgehead atoms. The molecule has 0 aliphatic heterocycles. The number of para-hydroxylation sites is 1. The van der Waals surface area contributed by atoms with Gasteiger partial charge in [-0.2, -0.15) is 5.26 Å². The first kappa shape index (κ1) is 14.2. The third kappa shape index (κ3) is 2.84. The largest absolute Gasteiger partial charge is 0.506 e. The highest BCUT2D eigenvalue weighted by atomic mass is 35.5. The van der Waals surface area contributed by atoms with Crippen molar-refractivity contribution in [1.29, 1.82) is 5.26 Å². The zero-order valence-electron chi connectivity index (χ0n) is 10.7. The second kappa shape index (κ2) is 5.81. The van der Waals surface area contributed by atoms with Gasteiger partial charge in [0.25, 0.3) is 0 Å². The molecule has 0 aliphatic rings. The molecule has 0 heterocycles. The van der Waals surface area contributed by atoms with Crippen LogP contribution in [0, 0.1) is 24.1 Å². The molecule has 2 aromatic rings. The maximum Gasteiger partial charge on any atom is 0.139 e. The molecule has 20 heavy (non-hydrogen) atoms. The normalized spacial score (nSPS) is 10.1. The third-order valence-electron chi connectivity index (χ3n) is 3.01. The van der Waals surface area contributed by atoms with Crippen molar-refractivity contribution in [2.45, 2.75) is 13.5 Å². The predicted octanol–water partition coefficient (Wildman–Crippen LogP) is 3.98. The van der Waals surface area contributed by atoms with Gasteiger partial charge in [-0.1, -0.05) is 23.7 Å². The predicted molar refractivity (Wildman–Crippen MR) is 76.3 cm³/mol. The molecular weight excluding hydrogens is 279 g/mol. The van der Waals surface area contributed by atoms with Gasteiger partial charge in [-0.05, 0) is 25.1 Å². The SMILES string of the molecule is Cc1c(F)cc(C#N)cc1NCc1cccc(Cl)c1O. The van der Waals surface area contributed by atoms with Gasteiger partial charge < -0.3 is 10.4 Å². The molecule has 2 aromatic carbocycles. The van der Waals surface area contributed by atoms with E-state index in [0.717, 1.165) is 0 Å². The Kier molecular flexibility index (Phi) is 4.11. The van der Waals surface area contributed by atoms with Crippen molar-refractivity contribution < 1.29 is 9.50 Å². The van der Waals surface area contributed by atoms with E-state index in [0.29, 0.717) is 16.8 Å². The minimum absolute atomic E-state index is 0.00349. The van der Waals surface area contributed by atoms with Crippen LogP contribution in [0.4, 0.5) is 10.1 Å². The van der Waals surface area contributed by atoms with Crippen molar-refractivity contribution >= 4 is 17.3 Å². The van der Waals surface area contributed by atoms with Crippen molar-refractivity contribution in [1.82, 2.24) is 0 Å². The molecule has 0 fully saturated rings. The van der Waals surface area contributed by atoms with E-state index in [1.165, 1.54) is 6.07 Å². The van der Waals surface area contributed by atoms with Crippen LogP contribution in [0.2, 0.25) is 5.02 Å². The van der Waals surface area contributed by atoms with Crippen molar-refractivity contribution in [2.75, 3.05) is 5.32 Å². The zero-order valence-corrected chi connectivity index (χ0v) is 11.5. The molecular formula is C15H12ClFN2O. The summed E-state index contributed by atoms with van der Waals surface area (Å²) >= 11 is 5.82. The van der Waals surface area contributed by atoms with Crippen LogP contribution in [-0.4, -0.2) is 5.11 Å². The molecule has 102 valence electrons. The lowest BCUT2D eigenvalue weighted by Gasteiger charge is -2.12.